The summed E-state index contributed by atoms with van der Waals surface area (Å²) in [5, 5.41) is 0.913. The molecule has 27 heavy (non-hydrogen) atoms. The van der Waals surface area contributed by atoms with Crippen molar-refractivity contribution in [2.75, 3.05) is 33.2 Å². The maximum Gasteiger partial charge on any atom is 0.268 e. The average Bonchev–Trinajstić information content (AvgIpc) is 3.10. The SMILES string of the molecule is CN1CCN(Cc2cccc3c2ccn3S(=O)(=O)c2cccc(F)c2)CC1. The number of fused-ring (bicyclic) bond motifs is 1. The van der Waals surface area contributed by atoms with Gasteiger partial charge in [0, 0.05) is 44.3 Å². The van der Waals surface area contributed by atoms with E-state index in [2.05, 4.69) is 16.8 Å². The van der Waals surface area contributed by atoms with Crippen molar-refractivity contribution in [3.05, 3.63) is 66.1 Å². The molecule has 1 fully saturated rings. The summed E-state index contributed by atoms with van der Waals surface area (Å²) < 4.78 is 40.7. The van der Waals surface area contributed by atoms with Crippen molar-refractivity contribution in [1.29, 1.82) is 0 Å². The first-order valence-electron chi connectivity index (χ1n) is 8.96. The van der Waals surface area contributed by atoms with Gasteiger partial charge in [0.15, 0.2) is 0 Å². The fraction of sp³-hybridized carbons (Fsp3) is 0.300. The smallest absolute Gasteiger partial charge is 0.268 e. The number of piperazine rings is 1. The van der Waals surface area contributed by atoms with Crippen LogP contribution in [0.15, 0.2) is 59.6 Å². The highest BCUT2D eigenvalue weighted by atomic mass is 32.2. The molecule has 7 heteroatoms. The van der Waals surface area contributed by atoms with Crippen LogP contribution in [0.2, 0.25) is 0 Å². The van der Waals surface area contributed by atoms with Crippen LogP contribution in [-0.4, -0.2) is 55.4 Å². The van der Waals surface area contributed by atoms with E-state index in [0.717, 1.165) is 49.7 Å². The van der Waals surface area contributed by atoms with Crippen LogP contribution in [0.4, 0.5) is 4.39 Å². The lowest BCUT2D eigenvalue weighted by atomic mass is 10.1. The Morgan fingerprint density at radius 3 is 2.48 bits per heavy atom. The molecule has 0 N–H and O–H groups in total. The van der Waals surface area contributed by atoms with Gasteiger partial charge in [0.25, 0.3) is 10.0 Å². The third kappa shape index (κ3) is 3.50. The summed E-state index contributed by atoms with van der Waals surface area (Å²) in [4.78, 5) is 4.64. The summed E-state index contributed by atoms with van der Waals surface area (Å²) >= 11 is 0. The normalized spacial score (nSPS) is 16.8. The highest BCUT2D eigenvalue weighted by molar-refractivity contribution is 7.90. The Bertz CT molecular complexity index is 1070. The van der Waals surface area contributed by atoms with E-state index in [9.17, 15) is 12.8 Å². The maximum atomic E-state index is 13.5. The van der Waals surface area contributed by atoms with Gasteiger partial charge in [0.1, 0.15) is 5.82 Å². The van der Waals surface area contributed by atoms with Crippen LogP contribution in [0.5, 0.6) is 0 Å². The largest absolute Gasteiger partial charge is 0.304 e. The molecular weight excluding hydrogens is 365 g/mol. The van der Waals surface area contributed by atoms with Crippen molar-refractivity contribution in [3.63, 3.8) is 0 Å². The molecule has 0 aliphatic carbocycles. The monoisotopic (exact) mass is 387 g/mol. The molecule has 2 heterocycles. The summed E-state index contributed by atoms with van der Waals surface area (Å²) in [7, 11) is -1.72. The van der Waals surface area contributed by atoms with E-state index < -0.39 is 15.8 Å². The summed E-state index contributed by atoms with van der Waals surface area (Å²) in [5.74, 6) is -0.566. The van der Waals surface area contributed by atoms with Crippen molar-refractivity contribution in [3.8, 4) is 0 Å². The average molecular weight is 387 g/mol. The first-order valence-corrected chi connectivity index (χ1v) is 10.4. The lowest BCUT2D eigenvalue weighted by Crippen LogP contribution is -2.43. The Balaban J connectivity index is 1.70. The molecule has 5 nitrogen and oxygen atoms in total. The molecule has 4 rings (SSSR count). The van der Waals surface area contributed by atoms with E-state index >= 15 is 0 Å². The van der Waals surface area contributed by atoms with Crippen LogP contribution in [-0.2, 0) is 16.6 Å². The molecule has 0 bridgehead atoms. The van der Waals surface area contributed by atoms with Gasteiger partial charge >= 0.3 is 0 Å². The minimum absolute atomic E-state index is 0.0514. The Hall–Kier alpha value is -2.22. The summed E-state index contributed by atoms with van der Waals surface area (Å²) in [6.07, 6.45) is 1.55. The molecule has 1 aromatic heterocycles. The van der Waals surface area contributed by atoms with Gasteiger partial charge < -0.3 is 4.90 Å². The van der Waals surface area contributed by atoms with E-state index in [1.165, 1.54) is 22.2 Å². The zero-order chi connectivity index (χ0) is 19.0. The zero-order valence-electron chi connectivity index (χ0n) is 15.2. The molecule has 0 spiro atoms. The minimum Gasteiger partial charge on any atom is -0.304 e. The topological polar surface area (TPSA) is 45.5 Å². The number of hydrogen-bond donors (Lipinski definition) is 0. The molecular formula is C20H22FN3O2S. The summed E-state index contributed by atoms with van der Waals surface area (Å²) in [6, 6.07) is 12.7. The Kier molecular flexibility index (Phi) is 4.75. The van der Waals surface area contributed by atoms with Gasteiger partial charge in [-0.1, -0.05) is 18.2 Å². The first kappa shape index (κ1) is 18.2. The molecule has 142 valence electrons. The second-order valence-corrected chi connectivity index (χ2v) is 8.82. The predicted octanol–water partition coefficient (Wildman–Crippen LogP) is 2.76. The molecule has 0 radical (unpaired) electrons. The first-order chi connectivity index (χ1) is 12.9. The number of rotatable bonds is 4. The molecule has 3 aromatic rings. The molecule has 2 aromatic carbocycles. The van der Waals surface area contributed by atoms with Gasteiger partial charge in [0.05, 0.1) is 10.4 Å². The van der Waals surface area contributed by atoms with Crippen LogP contribution in [0.1, 0.15) is 5.56 Å². The number of halogens is 1. The zero-order valence-corrected chi connectivity index (χ0v) is 16.0. The third-order valence-electron chi connectivity index (χ3n) is 5.13. The standard InChI is InChI=1S/C20H22FN3O2S/c1-22-10-12-23(13-11-22)15-16-4-2-7-20-19(16)8-9-24(20)27(25,26)18-6-3-5-17(21)14-18/h2-9,14H,10-13,15H2,1H3. The van der Waals surface area contributed by atoms with Gasteiger partial charge in [0.2, 0.25) is 0 Å². The van der Waals surface area contributed by atoms with Gasteiger partial charge in [-0.15, -0.1) is 0 Å². The minimum atomic E-state index is -3.85. The number of likely N-dealkylation sites (N-methyl/N-ethyl adjacent to an activating group) is 1. The number of aromatic nitrogens is 1. The quantitative estimate of drug-likeness (QED) is 0.691. The summed E-state index contributed by atoms with van der Waals surface area (Å²) in [5.41, 5.74) is 1.72. The highest BCUT2D eigenvalue weighted by Crippen LogP contribution is 2.26. The van der Waals surface area contributed by atoms with Crippen molar-refractivity contribution < 1.29 is 12.8 Å². The number of hydrogen-bond acceptors (Lipinski definition) is 4. The van der Waals surface area contributed by atoms with E-state index in [1.807, 2.05) is 18.2 Å². The Morgan fingerprint density at radius 1 is 1.00 bits per heavy atom. The highest BCUT2D eigenvalue weighted by Gasteiger charge is 2.21. The van der Waals surface area contributed by atoms with Crippen molar-refractivity contribution in [1.82, 2.24) is 13.8 Å². The van der Waals surface area contributed by atoms with E-state index in [0.29, 0.717) is 5.52 Å². The number of benzene rings is 2. The molecule has 1 saturated heterocycles. The van der Waals surface area contributed by atoms with Crippen molar-refractivity contribution >= 4 is 20.9 Å². The van der Waals surface area contributed by atoms with Crippen molar-refractivity contribution in [2.45, 2.75) is 11.4 Å². The second kappa shape index (κ2) is 7.07. The maximum absolute atomic E-state index is 13.5. The molecule has 1 aliphatic rings. The van der Waals surface area contributed by atoms with Crippen molar-refractivity contribution in [2.24, 2.45) is 0 Å². The van der Waals surface area contributed by atoms with Crippen LogP contribution in [0.3, 0.4) is 0 Å². The van der Waals surface area contributed by atoms with Gasteiger partial charge in [-0.05, 0) is 42.9 Å². The molecule has 0 saturated carbocycles. The van der Waals surface area contributed by atoms with Crippen LogP contribution in [0, 0.1) is 5.82 Å². The van der Waals surface area contributed by atoms with E-state index in [1.54, 1.807) is 12.3 Å². The number of nitrogens with zero attached hydrogens (tertiary/aromatic N) is 3. The molecule has 1 aliphatic heterocycles. The van der Waals surface area contributed by atoms with Gasteiger partial charge in [-0.2, -0.15) is 0 Å². The lowest BCUT2D eigenvalue weighted by molar-refractivity contribution is 0.148. The molecule has 0 atom stereocenters. The van der Waals surface area contributed by atoms with Gasteiger partial charge in [-0.3, -0.25) is 4.90 Å². The van der Waals surface area contributed by atoms with Gasteiger partial charge in [-0.25, -0.2) is 16.8 Å². The second-order valence-electron chi connectivity index (χ2n) is 7.00. The van der Waals surface area contributed by atoms with Crippen LogP contribution in [0.25, 0.3) is 10.9 Å². The fourth-order valence-corrected chi connectivity index (χ4v) is 4.92. The van der Waals surface area contributed by atoms with Crippen LogP contribution < -0.4 is 0 Å². The van der Waals surface area contributed by atoms with E-state index in [4.69, 9.17) is 0 Å². The Morgan fingerprint density at radius 2 is 1.74 bits per heavy atom. The molecule has 0 amide bonds. The third-order valence-corrected chi connectivity index (χ3v) is 6.82. The molecule has 0 unspecified atom stereocenters. The van der Waals surface area contributed by atoms with Crippen LogP contribution >= 0.6 is 0 Å². The predicted molar refractivity (Wildman–Crippen MR) is 104 cm³/mol. The fourth-order valence-electron chi connectivity index (χ4n) is 3.54. The van der Waals surface area contributed by atoms with E-state index in [-0.39, 0.29) is 4.90 Å². The lowest BCUT2D eigenvalue weighted by Gasteiger charge is -2.32. The summed E-state index contributed by atoms with van der Waals surface area (Å²) in [6.45, 7) is 4.84. The Labute approximate surface area is 158 Å².